The van der Waals surface area contributed by atoms with Gasteiger partial charge in [0.1, 0.15) is 0 Å². The summed E-state index contributed by atoms with van der Waals surface area (Å²) in [6, 6.07) is 6.04. The van der Waals surface area contributed by atoms with Gasteiger partial charge < -0.3 is 14.8 Å². The Morgan fingerprint density at radius 2 is 1.74 bits per heavy atom. The minimum Gasteiger partial charge on any atom is -0.493 e. The zero-order valence-corrected chi connectivity index (χ0v) is 13.0. The fourth-order valence-corrected chi connectivity index (χ4v) is 1.72. The first kappa shape index (κ1) is 15.8. The molecule has 1 aromatic carbocycles. The van der Waals surface area contributed by atoms with Crippen LogP contribution in [0.2, 0.25) is 0 Å². The lowest BCUT2D eigenvalue weighted by atomic mass is 9.81. The van der Waals surface area contributed by atoms with Crippen molar-refractivity contribution in [3.05, 3.63) is 23.8 Å². The van der Waals surface area contributed by atoms with Crippen LogP contribution in [-0.2, 0) is 6.54 Å². The van der Waals surface area contributed by atoms with Crippen LogP contribution in [0.25, 0.3) is 0 Å². The van der Waals surface area contributed by atoms with Crippen molar-refractivity contribution in [3.63, 3.8) is 0 Å². The number of hydrogen-bond acceptors (Lipinski definition) is 3. The van der Waals surface area contributed by atoms with E-state index in [4.69, 9.17) is 9.47 Å². The van der Waals surface area contributed by atoms with Crippen LogP contribution in [0.4, 0.5) is 0 Å². The molecule has 1 rings (SSSR count). The maximum Gasteiger partial charge on any atom is 0.161 e. The summed E-state index contributed by atoms with van der Waals surface area (Å²) in [6.45, 7) is 10.9. The van der Waals surface area contributed by atoms with Gasteiger partial charge in [0.25, 0.3) is 0 Å². The Bertz CT molecular complexity index is 400. The Balaban J connectivity index is 2.59. The molecule has 0 spiro atoms. The maximum absolute atomic E-state index is 5.31. The van der Waals surface area contributed by atoms with E-state index < -0.39 is 0 Å². The van der Waals surface area contributed by atoms with Crippen LogP contribution in [0.15, 0.2) is 18.2 Å². The van der Waals surface area contributed by atoms with E-state index in [0.29, 0.717) is 11.3 Å². The summed E-state index contributed by atoms with van der Waals surface area (Å²) in [5.74, 6) is 2.21. The quantitative estimate of drug-likeness (QED) is 0.819. The molecular weight excluding hydrogens is 238 g/mol. The predicted molar refractivity (Wildman–Crippen MR) is 79.9 cm³/mol. The summed E-state index contributed by atoms with van der Waals surface area (Å²) in [4.78, 5) is 0. The van der Waals surface area contributed by atoms with Gasteiger partial charge in [0.05, 0.1) is 14.2 Å². The standard InChI is InChI=1S/C16H27NO2/c1-12(2)16(3,4)11-17-10-13-7-8-14(18-5)15(9-13)19-6/h7-9,12,17H,10-11H2,1-6H3. The minimum absolute atomic E-state index is 0.302. The summed E-state index contributed by atoms with van der Waals surface area (Å²) < 4.78 is 10.5. The molecule has 0 aliphatic carbocycles. The molecule has 19 heavy (non-hydrogen) atoms. The van der Waals surface area contributed by atoms with E-state index in [1.807, 2.05) is 12.1 Å². The molecule has 0 fully saturated rings. The van der Waals surface area contributed by atoms with Crippen LogP contribution in [-0.4, -0.2) is 20.8 Å². The second-order valence-electron chi connectivity index (χ2n) is 5.94. The first-order chi connectivity index (χ1) is 8.90. The predicted octanol–water partition coefficient (Wildman–Crippen LogP) is 3.48. The summed E-state index contributed by atoms with van der Waals surface area (Å²) in [6.07, 6.45) is 0. The molecule has 0 radical (unpaired) electrons. The van der Waals surface area contributed by atoms with Gasteiger partial charge >= 0.3 is 0 Å². The van der Waals surface area contributed by atoms with Crippen molar-refractivity contribution in [1.82, 2.24) is 5.32 Å². The number of methoxy groups -OCH3 is 2. The third-order valence-electron chi connectivity index (χ3n) is 3.92. The van der Waals surface area contributed by atoms with Crippen molar-refractivity contribution < 1.29 is 9.47 Å². The van der Waals surface area contributed by atoms with Crippen LogP contribution < -0.4 is 14.8 Å². The van der Waals surface area contributed by atoms with Crippen LogP contribution in [0.1, 0.15) is 33.3 Å². The van der Waals surface area contributed by atoms with Gasteiger partial charge in [-0.15, -0.1) is 0 Å². The van der Waals surface area contributed by atoms with Gasteiger partial charge in [-0.3, -0.25) is 0 Å². The van der Waals surface area contributed by atoms with E-state index >= 15 is 0 Å². The Hall–Kier alpha value is -1.22. The molecule has 1 N–H and O–H groups in total. The van der Waals surface area contributed by atoms with E-state index in [1.54, 1.807) is 14.2 Å². The average Bonchev–Trinajstić information content (AvgIpc) is 2.38. The maximum atomic E-state index is 5.31. The zero-order valence-electron chi connectivity index (χ0n) is 13.0. The molecule has 108 valence electrons. The van der Waals surface area contributed by atoms with Gasteiger partial charge in [0, 0.05) is 13.1 Å². The van der Waals surface area contributed by atoms with E-state index in [-0.39, 0.29) is 0 Å². The number of rotatable bonds is 7. The smallest absolute Gasteiger partial charge is 0.161 e. The molecule has 0 atom stereocenters. The highest BCUT2D eigenvalue weighted by atomic mass is 16.5. The zero-order chi connectivity index (χ0) is 14.5. The summed E-state index contributed by atoms with van der Waals surface area (Å²) in [5, 5.41) is 3.52. The minimum atomic E-state index is 0.302. The van der Waals surface area contributed by atoms with Gasteiger partial charge in [0.15, 0.2) is 11.5 Å². The lowest BCUT2D eigenvalue weighted by Crippen LogP contribution is -2.33. The molecular formula is C16H27NO2. The number of ether oxygens (including phenoxy) is 2. The fraction of sp³-hybridized carbons (Fsp3) is 0.625. The largest absolute Gasteiger partial charge is 0.493 e. The highest BCUT2D eigenvalue weighted by Gasteiger charge is 2.21. The molecule has 0 amide bonds. The average molecular weight is 265 g/mol. The van der Waals surface area contributed by atoms with Crippen LogP contribution >= 0.6 is 0 Å². The molecule has 3 heteroatoms. The Morgan fingerprint density at radius 3 is 2.26 bits per heavy atom. The molecule has 0 unspecified atom stereocenters. The van der Waals surface area contributed by atoms with E-state index in [9.17, 15) is 0 Å². The van der Waals surface area contributed by atoms with Gasteiger partial charge in [-0.25, -0.2) is 0 Å². The van der Waals surface area contributed by atoms with Crippen molar-refractivity contribution in [1.29, 1.82) is 0 Å². The molecule has 0 bridgehead atoms. The second kappa shape index (κ2) is 6.80. The van der Waals surface area contributed by atoms with Crippen molar-refractivity contribution in [2.75, 3.05) is 20.8 Å². The van der Waals surface area contributed by atoms with Gasteiger partial charge in [-0.1, -0.05) is 33.8 Å². The number of nitrogens with one attached hydrogen (secondary N) is 1. The molecule has 0 aliphatic heterocycles. The molecule has 1 aromatic rings. The first-order valence-electron chi connectivity index (χ1n) is 6.82. The van der Waals surface area contributed by atoms with Crippen LogP contribution in [0.3, 0.4) is 0 Å². The monoisotopic (exact) mass is 265 g/mol. The summed E-state index contributed by atoms with van der Waals surface area (Å²) in [7, 11) is 3.32. The topological polar surface area (TPSA) is 30.5 Å². The van der Waals surface area contributed by atoms with E-state index in [1.165, 1.54) is 5.56 Å². The van der Waals surface area contributed by atoms with Gasteiger partial charge in [-0.05, 0) is 29.0 Å². The van der Waals surface area contributed by atoms with Crippen molar-refractivity contribution in [3.8, 4) is 11.5 Å². The van der Waals surface area contributed by atoms with E-state index in [2.05, 4.69) is 39.1 Å². The Labute approximate surface area is 117 Å². The Kier molecular flexibility index (Phi) is 5.67. The van der Waals surface area contributed by atoms with Crippen molar-refractivity contribution in [2.24, 2.45) is 11.3 Å². The van der Waals surface area contributed by atoms with Crippen molar-refractivity contribution >= 4 is 0 Å². The molecule has 0 heterocycles. The summed E-state index contributed by atoms with van der Waals surface area (Å²) in [5.41, 5.74) is 1.51. The molecule has 0 aliphatic rings. The van der Waals surface area contributed by atoms with Crippen LogP contribution in [0.5, 0.6) is 11.5 Å². The summed E-state index contributed by atoms with van der Waals surface area (Å²) >= 11 is 0. The lowest BCUT2D eigenvalue weighted by molar-refractivity contribution is 0.238. The molecule has 0 aromatic heterocycles. The fourth-order valence-electron chi connectivity index (χ4n) is 1.72. The van der Waals surface area contributed by atoms with E-state index in [0.717, 1.165) is 24.6 Å². The first-order valence-corrected chi connectivity index (χ1v) is 6.82. The highest BCUT2D eigenvalue weighted by molar-refractivity contribution is 5.42. The molecule has 3 nitrogen and oxygen atoms in total. The second-order valence-corrected chi connectivity index (χ2v) is 5.94. The SMILES string of the molecule is COc1ccc(CNCC(C)(C)C(C)C)cc1OC. The molecule has 0 saturated carbocycles. The number of hydrogen-bond donors (Lipinski definition) is 1. The third kappa shape index (κ3) is 4.43. The van der Waals surface area contributed by atoms with Gasteiger partial charge in [-0.2, -0.15) is 0 Å². The normalized spacial score (nSPS) is 11.7. The lowest BCUT2D eigenvalue weighted by Gasteiger charge is -2.29. The van der Waals surface area contributed by atoms with Crippen LogP contribution in [0, 0.1) is 11.3 Å². The highest BCUT2D eigenvalue weighted by Crippen LogP contribution is 2.28. The molecule has 0 saturated heterocycles. The van der Waals surface area contributed by atoms with Gasteiger partial charge in [0.2, 0.25) is 0 Å². The Morgan fingerprint density at radius 1 is 1.11 bits per heavy atom. The number of benzene rings is 1. The third-order valence-corrected chi connectivity index (χ3v) is 3.92. The van der Waals surface area contributed by atoms with Crippen molar-refractivity contribution in [2.45, 2.75) is 34.2 Å².